The molecule has 0 spiro atoms. The third kappa shape index (κ3) is 7.07. The minimum Gasteiger partial charge on any atom is -0.379 e. The van der Waals surface area contributed by atoms with E-state index in [2.05, 4.69) is 30.8 Å². The number of anilines is 1. The molecule has 3 rings (SSSR count). The largest absolute Gasteiger partial charge is 0.379 e. The third-order valence-electron chi connectivity index (χ3n) is 5.64. The number of pyridine rings is 1. The van der Waals surface area contributed by atoms with Crippen molar-refractivity contribution in [2.24, 2.45) is 4.99 Å². The minimum atomic E-state index is -0.128. The van der Waals surface area contributed by atoms with E-state index in [-0.39, 0.29) is 42.0 Å². The molecule has 1 aliphatic heterocycles. The van der Waals surface area contributed by atoms with Crippen LogP contribution in [0.15, 0.2) is 29.5 Å². The zero-order valence-corrected chi connectivity index (χ0v) is 19.5. The molecular weight excluding hydrogens is 483 g/mol. The number of hydrogen-bond acceptors (Lipinski definition) is 5. The monoisotopic (exact) mass is 516 g/mol. The molecule has 1 saturated carbocycles. The molecule has 0 atom stereocenters. The molecule has 1 aromatic heterocycles. The quantitative estimate of drug-likeness (QED) is 0.304. The van der Waals surface area contributed by atoms with Crippen LogP contribution in [0.4, 0.5) is 5.69 Å². The summed E-state index contributed by atoms with van der Waals surface area (Å²) in [6.45, 7) is 4.57. The number of rotatable bonds is 6. The fourth-order valence-electron chi connectivity index (χ4n) is 4.13. The van der Waals surface area contributed by atoms with E-state index in [1.54, 1.807) is 25.5 Å². The van der Waals surface area contributed by atoms with Crippen LogP contribution >= 0.6 is 24.0 Å². The van der Waals surface area contributed by atoms with Crippen molar-refractivity contribution in [2.75, 3.05) is 51.8 Å². The fourth-order valence-corrected chi connectivity index (χ4v) is 4.13. The Morgan fingerprint density at radius 2 is 2.00 bits per heavy atom. The molecule has 2 fully saturated rings. The van der Waals surface area contributed by atoms with Gasteiger partial charge in [0.1, 0.15) is 0 Å². The number of guanidine groups is 1. The number of halogens is 1. The van der Waals surface area contributed by atoms with Crippen LogP contribution < -0.4 is 16.0 Å². The van der Waals surface area contributed by atoms with Gasteiger partial charge in [-0.05, 0) is 25.0 Å². The van der Waals surface area contributed by atoms with E-state index in [9.17, 15) is 4.79 Å². The summed E-state index contributed by atoms with van der Waals surface area (Å²) in [7, 11) is 1.73. The van der Waals surface area contributed by atoms with Crippen molar-refractivity contribution in [3.05, 3.63) is 24.5 Å². The lowest BCUT2D eigenvalue weighted by Gasteiger charge is -2.48. The van der Waals surface area contributed by atoms with Gasteiger partial charge in [0.2, 0.25) is 5.91 Å². The number of ether oxygens (including phenoxy) is 1. The van der Waals surface area contributed by atoms with Gasteiger partial charge in [0.15, 0.2) is 5.96 Å². The van der Waals surface area contributed by atoms with E-state index >= 15 is 0 Å². The standard InChI is InChI=1S/C20H32N6O2.HI/c1-21-19(23-15-18(27)25-17-6-5-9-22-14-17)24-16-20(7-3-2-4-8-20)26-10-12-28-13-11-26;/h5-6,9,14H,2-4,7-8,10-13,15-16H2,1H3,(H,25,27)(H2,21,23,24);1H. The van der Waals surface area contributed by atoms with Gasteiger partial charge in [-0.15, -0.1) is 24.0 Å². The van der Waals surface area contributed by atoms with Crippen molar-refractivity contribution in [2.45, 2.75) is 37.6 Å². The lowest BCUT2D eigenvalue weighted by atomic mass is 9.80. The van der Waals surface area contributed by atoms with Gasteiger partial charge in [-0.1, -0.05) is 19.3 Å². The molecule has 162 valence electrons. The molecule has 1 amide bonds. The number of aromatic nitrogens is 1. The summed E-state index contributed by atoms with van der Waals surface area (Å²) in [5.74, 6) is 0.524. The number of hydrogen-bond donors (Lipinski definition) is 3. The molecule has 29 heavy (non-hydrogen) atoms. The number of aliphatic imine (C=N–C) groups is 1. The van der Waals surface area contributed by atoms with Crippen LogP contribution in [0, 0.1) is 0 Å². The summed E-state index contributed by atoms with van der Waals surface area (Å²) < 4.78 is 5.55. The topological polar surface area (TPSA) is 90.9 Å². The van der Waals surface area contributed by atoms with Crippen LogP contribution in [0.3, 0.4) is 0 Å². The summed E-state index contributed by atoms with van der Waals surface area (Å²) >= 11 is 0. The van der Waals surface area contributed by atoms with Gasteiger partial charge >= 0.3 is 0 Å². The second-order valence-corrected chi connectivity index (χ2v) is 7.45. The molecule has 1 aliphatic carbocycles. The number of carbonyl (C=O) groups is 1. The number of nitrogens with zero attached hydrogens (tertiary/aromatic N) is 3. The van der Waals surface area contributed by atoms with Gasteiger partial charge in [0.05, 0.1) is 31.6 Å². The maximum absolute atomic E-state index is 12.1. The molecule has 0 radical (unpaired) electrons. The first-order chi connectivity index (χ1) is 13.7. The van der Waals surface area contributed by atoms with Crippen LogP contribution in [0.5, 0.6) is 0 Å². The maximum atomic E-state index is 12.1. The molecule has 8 nitrogen and oxygen atoms in total. The summed E-state index contributed by atoms with van der Waals surface area (Å²) in [5.41, 5.74) is 0.836. The molecule has 2 heterocycles. The zero-order chi connectivity index (χ0) is 19.7. The van der Waals surface area contributed by atoms with E-state index in [4.69, 9.17) is 4.74 Å². The third-order valence-corrected chi connectivity index (χ3v) is 5.64. The van der Waals surface area contributed by atoms with Crippen LogP contribution in [-0.4, -0.2) is 73.7 Å². The Morgan fingerprint density at radius 1 is 1.24 bits per heavy atom. The van der Waals surface area contributed by atoms with Gasteiger partial charge in [-0.3, -0.25) is 19.7 Å². The highest BCUT2D eigenvalue weighted by Gasteiger charge is 2.38. The normalized spacial score (nSPS) is 19.7. The molecule has 0 aromatic carbocycles. The molecule has 2 aliphatic rings. The Hall–Kier alpha value is -1.46. The Labute approximate surface area is 190 Å². The second-order valence-electron chi connectivity index (χ2n) is 7.45. The fraction of sp³-hybridized carbons (Fsp3) is 0.650. The van der Waals surface area contributed by atoms with Crippen molar-refractivity contribution < 1.29 is 9.53 Å². The van der Waals surface area contributed by atoms with Gasteiger partial charge in [-0.2, -0.15) is 0 Å². The SMILES string of the molecule is CN=C(NCC(=O)Nc1cccnc1)NCC1(N2CCOCC2)CCCCC1.I. The lowest BCUT2D eigenvalue weighted by molar-refractivity contribution is -0.115. The van der Waals surface area contributed by atoms with E-state index in [0.717, 1.165) is 32.8 Å². The minimum absolute atomic E-state index is 0. The van der Waals surface area contributed by atoms with Gasteiger partial charge < -0.3 is 20.7 Å². The average Bonchev–Trinajstić information content (AvgIpc) is 2.76. The Bertz CT molecular complexity index is 646. The highest BCUT2D eigenvalue weighted by molar-refractivity contribution is 14.0. The van der Waals surface area contributed by atoms with Gasteiger partial charge in [-0.25, -0.2) is 0 Å². The smallest absolute Gasteiger partial charge is 0.243 e. The van der Waals surface area contributed by atoms with Crippen LogP contribution in [-0.2, 0) is 9.53 Å². The van der Waals surface area contributed by atoms with Crippen molar-refractivity contribution in [3.63, 3.8) is 0 Å². The molecule has 1 aromatic rings. The Kier molecular flexibility index (Phi) is 10.1. The van der Waals surface area contributed by atoms with E-state index in [1.165, 1.54) is 32.1 Å². The zero-order valence-electron chi connectivity index (χ0n) is 17.2. The predicted octanol–water partition coefficient (Wildman–Crippen LogP) is 1.84. The van der Waals surface area contributed by atoms with Crippen molar-refractivity contribution >= 4 is 41.5 Å². The van der Waals surface area contributed by atoms with Crippen LogP contribution in [0.25, 0.3) is 0 Å². The summed E-state index contributed by atoms with van der Waals surface area (Å²) in [4.78, 5) is 23.0. The van der Waals surface area contributed by atoms with Crippen LogP contribution in [0.2, 0.25) is 0 Å². The molecular formula is C20H33IN6O2. The Balaban J connectivity index is 0.00000300. The molecule has 0 bridgehead atoms. The predicted molar refractivity (Wildman–Crippen MR) is 126 cm³/mol. The number of amides is 1. The molecule has 3 N–H and O–H groups in total. The van der Waals surface area contributed by atoms with Crippen LogP contribution in [0.1, 0.15) is 32.1 Å². The van der Waals surface area contributed by atoms with Gasteiger partial charge in [0, 0.05) is 38.4 Å². The first-order valence-electron chi connectivity index (χ1n) is 10.2. The summed E-state index contributed by atoms with van der Waals surface area (Å²) in [6.07, 6.45) is 9.52. The summed E-state index contributed by atoms with van der Waals surface area (Å²) in [5, 5.41) is 9.39. The number of nitrogens with one attached hydrogen (secondary N) is 3. The lowest BCUT2D eigenvalue weighted by Crippen LogP contribution is -2.60. The van der Waals surface area contributed by atoms with E-state index in [1.807, 2.05) is 6.07 Å². The number of carbonyl (C=O) groups excluding carboxylic acids is 1. The van der Waals surface area contributed by atoms with Crippen molar-refractivity contribution in [3.8, 4) is 0 Å². The summed E-state index contributed by atoms with van der Waals surface area (Å²) in [6, 6.07) is 3.60. The Morgan fingerprint density at radius 3 is 2.66 bits per heavy atom. The highest BCUT2D eigenvalue weighted by Crippen LogP contribution is 2.33. The molecule has 9 heteroatoms. The maximum Gasteiger partial charge on any atom is 0.243 e. The van der Waals surface area contributed by atoms with Gasteiger partial charge in [0.25, 0.3) is 0 Å². The average molecular weight is 516 g/mol. The van der Waals surface area contributed by atoms with E-state index in [0.29, 0.717) is 11.6 Å². The molecule has 0 unspecified atom stereocenters. The molecule has 1 saturated heterocycles. The number of morpholine rings is 1. The highest BCUT2D eigenvalue weighted by atomic mass is 127. The first-order valence-corrected chi connectivity index (χ1v) is 10.2. The van der Waals surface area contributed by atoms with Crippen molar-refractivity contribution in [1.82, 2.24) is 20.5 Å². The second kappa shape index (κ2) is 12.3. The van der Waals surface area contributed by atoms with Crippen molar-refractivity contribution in [1.29, 1.82) is 0 Å². The first kappa shape index (κ1) is 23.8. The van der Waals surface area contributed by atoms with E-state index < -0.39 is 0 Å².